The maximum absolute atomic E-state index is 13.0. The van der Waals surface area contributed by atoms with Crippen LogP contribution in [0.25, 0.3) is 9.88 Å². The molecule has 0 aliphatic rings. The zero-order valence-corrected chi connectivity index (χ0v) is 16.9. The summed E-state index contributed by atoms with van der Waals surface area (Å²) in [5.74, 6) is -1.70. The monoisotopic (exact) mass is 396 g/mol. The first-order valence-electron chi connectivity index (χ1n) is 8.55. The van der Waals surface area contributed by atoms with E-state index in [2.05, 4.69) is 4.98 Å². The smallest absolute Gasteiger partial charge is 0.308 e. The number of rotatable bonds is 10. The summed E-state index contributed by atoms with van der Waals surface area (Å²) in [5.41, 5.74) is 0.682. The number of thiophene rings is 1. The quantitative estimate of drug-likeness (QED) is 0.619. The van der Waals surface area contributed by atoms with Crippen LogP contribution in [0.4, 0.5) is 0 Å². The third kappa shape index (κ3) is 5.36. The van der Waals surface area contributed by atoms with Crippen LogP contribution in [-0.2, 0) is 9.53 Å². The third-order valence-electron chi connectivity index (χ3n) is 3.85. The number of aryl methyl sites for hydroxylation is 1. The van der Waals surface area contributed by atoms with Crippen molar-refractivity contribution in [2.75, 3.05) is 26.3 Å². The Morgan fingerprint density at radius 2 is 2.19 bits per heavy atom. The summed E-state index contributed by atoms with van der Waals surface area (Å²) in [6.45, 7) is 7.15. The molecule has 0 fully saturated rings. The predicted octanol–water partition coefficient (Wildman–Crippen LogP) is 3.77. The highest BCUT2D eigenvalue weighted by molar-refractivity contribution is 7.22. The fourth-order valence-electron chi connectivity index (χ4n) is 2.43. The lowest BCUT2D eigenvalue weighted by atomic mass is 10.1. The third-order valence-corrected chi connectivity index (χ3v) is 6.03. The van der Waals surface area contributed by atoms with Gasteiger partial charge >= 0.3 is 5.97 Å². The van der Waals surface area contributed by atoms with Crippen molar-refractivity contribution in [3.8, 4) is 9.88 Å². The first-order valence-corrected chi connectivity index (χ1v) is 10.2. The average Bonchev–Trinajstić information content (AvgIpc) is 3.26. The molecule has 1 atom stereocenters. The minimum atomic E-state index is -0.909. The number of carboxylic acids is 1. The number of ether oxygens (including phenoxy) is 1. The highest BCUT2D eigenvalue weighted by Crippen LogP contribution is 2.31. The molecule has 0 saturated carbocycles. The van der Waals surface area contributed by atoms with Crippen LogP contribution in [0, 0.1) is 12.8 Å². The number of hydrogen-bond acceptors (Lipinski definition) is 6. The topological polar surface area (TPSA) is 79.7 Å². The fourth-order valence-corrected chi connectivity index (χ4v) is 4.26. The van der Waals surface area contributed by atoms with Gasteiger partial charge in [-0.05, 0) is 31.7 Å². The second-order valence-electron chi connectivity index (χ2n) is 5.95. The largest absolute Gasteiger partial charge is 0.481 e. The van der Waals surface area contributed by atoms with E-state index in [0.29, 0.717) is 36.8 Å². The van der Waals surface area contributed by atoms with E-state index in [-0.39, 0.29) is 12.5 Å². The van der Waals surface area contributed by atoms with Crippen LogP contribution in [0.1, 0.15) is 35.6 Å². The molecule has 2 aromatic rings. The molecule has 2 aromatic heterocycles. The molecule has 142 valence electrons. The first kappa shape index (κ1) is 20.5. The predicted molar refractivity (Wildman–Crippen MR) is 104 cm³/mol. The van der Waals surface area contributed by atoms with Gasteiger partial charge in [0, 0.05) is 26.3 Å². The second kappa shape index (κ2) is 9.80. The first-order chi connectivity index (χ1) is 12.4. The van der Waals surface area contributed by atoms with E-state index in [9.17, 15) is 14.7 Å². The number of carboxylic acid groups (broad SMARTS) is 1. The van der Waals surface area contributed by atoms with Gasteiger partial charge in [-0.3, -0.25) is 9.59 Å². The van der Waals surface area contributed by atoms with Gasteiger partial charge in [-0.1, -0.05) is 13.0 Å². The summed E-state index contributed by atoms with van der Waals surface area (Å²) >= 11 is 2.94. The summed E-state index contributed by atoms with van der Waals surface area (Å²) in [4.78, 5) is 32.0. The number of nitrogens with zero attached hydrogens (tertiary/aromatic N) is 2. The maximum atomic E-state index is 13.0. The Hall–Kier alpha value is -1.77. The summed E-state index contributed by atoms with van der Waals surface area (Å²) in [7, 11) is 0. The fraction of sp³-hybridized carbons (Fsp3) is 0.500. The zero-order chi connectivity index (χ0) is 19.1. The molecule has 2 rings (SSSR count). The Balaban J connectivity index is 2.17. The minimum Gasteiger partial charge on any atom is -0.481 e. The Morgan fingerprint density at radius 1 is 1.42 bits per heavy atom. The lowest BCUT2D eigenvalue weighted by Crippen LogP contribution is -2.38. The SMILES string of the molecule is CCOCCCN(CC(C)C(=O)O)C(=O)c1sc(-c2cccs2)nc1C. The van der Waals surface area contributed by atoms with Crippen LogP contribution >= 0.6 is 22.7 Å². The molecule has 0 aliphatic carbocycles. The molecule has 1 N–H and O–H groups in total. The number of thiazole rings is 1. The van der Waals surface area contributed by atoms with Gasteiger partial charge in [0.2, 0.25) is 0 Å². The normalized spacial score (nSPS) is 12.1. The molecule has 0 aromatic carbocycles. The summed E-state index contributed by atoms with van der Waals surface area (Å²) < 4.78 is 5.34. The molecule has 26 heavy (non-hydrogen) atoms. The van der Waals surface area contributed by atoms with E-state index in [1.807, 2.05) is 31.4 Å². The van der Waals surface area contributed by atoms with Gasteiger partial charge in [-0.2, -0.15) is 0 Å². The molecular formula is C18H24N2O4S2. The van der Waals surface area contributed by atoms with Crippen molar-refractivity contribution in [3.63, 3.8) is 0 Å². The van der Waals surface area contributed by atoms with Crippen molar-refractivity contribution in [2.24, 2.45) is 5.92 Å². The number of carbonyl (C=O) groups excluding carboxylic acids is 1. The van der Waals surface area contributed by atoms with Gasteiger partial charge in [0.1, 0.15) is 9.88 Å². The number of aliphatic carboxylic acids is 1. The van der Waals surface area contributed by atoms with Crippen molar-refractivity contribution < 1.29 is 19.4 Å². The number of aromatic nitrogens is 1. The second-order valence-corrected chi connectivity index (χ2v) is 7.90. The maximum Gasteiger partial charge on any atom is 0.308 e. The van der Waals surface area contributed by atoms with Crippen LogP contribution < -0.4 is 0 Å². The number of carbonyl (C=O) groups is 2. The molecule has 2 heterocycles. The van der Waals surface area contributed by atoms with Crippen molar-refractivity contribution >= 4 is 34.6 Å². The Labute approximate surface area is 161 Å². The lowest BCUT2D eigenvalue weighted by molar-refractivity contribution is -0.141. The highest BCUT2D eigenvalue weighted by Gasteiger charge is 2.25. The van der Waals surface area contributed by atoms with Gasteiger partial charge in [-0.25, -0.2) is 4.98 Å². The number of hydrogen-bond donors (Lipinski definition) is 1. The molecule has 1 amide bonds. The van der Waals surface area contributed by atoms with Gasteiger partial charge < -0.3 is 14.7 Å². The van der Waals surface area contributed by atoms with E-state index >= 15 is 0 Å². The Kier molecular flexibility index (Phi) is 7.74. The summed E-state index contributed by atoms with van der Waals surface area (Å²) in [5, 5.41) is 12.0. The van der Waals surface area contributed by atoms with Crippen molar-refractivity contribution in [1.29, 1.82) is 0 Å². The van der Waals surface area contributed by atoms with Crippen LogP contribution in [0.3, 0.4) is 0 Å². The molecule has 1 unspecified atom stereocenters. The number of amides is 1. The van der Waals surface area contributed by atoms with E-state index in [4.69, 9.17) is 4.74 Å². The standard InChI is InChI=1S/C18H24N2O4S2/c1-4-24-9-6-8-20(11-12(2)18(22)23)17(21)15-13(3)19-16(26-15)14-7-5-10-25-14/h5,7,10,12H,4,6,8-9,11H2,1-3H3,(H,22,23). The highest BCUT2D eigenvalue weighted by atomic mass is 32.1. The Bertz CT molecular complexity index is 728. The van der Waals surface area contributed by atoms with Gasteiger partial charge in [-0.15, -0.1) is 22.7 Å². The molecule has 0 bridgehead atoms. The van der Waals surface area contributed by atoms with Gasteiger partial charge in [0.15, 0.2) is 0 Å². The summed E-state index contributed by atoms with van der Waals surface area (Å²) in [6, 6.07) is 3.93. The van der Waals surface area contributed by atoms with Gasteiger partial charge in [0.25, 0.3) is 5.91 Å². The van der Waals surface area contributed by atoms with Crippen molar-refractivity contribution in [1.82, 2.24) is 9.88 Å². The lowest BCUT2D eigenvalue weighted by Gasteiger charge is -2.24. The van der Waals surface area contributed by atoms with E-state index in [1.165, 1.54) is 11.3 Å². The molecule has 8 heteroatoms. The molecule has 0 aliphatic heterocycles. The van der Waals surface area contributed by atoms with Crippen LogP contribution in [0.15, 0.2) is 17.5 Å². The van der Waals surface area contributed by atoms with E-state index < -0.39 is 11.9 Å². The van der Waals surface area contributed by atoms with Gasteiger partial charge in [0.05, 0.1) is 16.5 Å². The Morgan fingerprint density at radius 3 is 2.81 bits per heavy atom. The molecule has 6 nitrogen and oxygen atoms in total. The minimum absolute atomic E-state index is 0.160. The average molecular weight is 397 g/mol. The van der Waals surface area contributed by atoms with E-state index in [1.54, 1.807) is 23.2 Å². The van der Waals surface area contributed by atoms with Crippen LogP contribution in [-0.4, -0.2) is 53.2 Å². The van der Waals surface area contributed by atoms with Crippen molar-refractivity contribution in [3.05, 3.63) is 28.1 Å². The summed E-state index contributed by atoms with van der Waals surface area (Å²) in [6.07, 6.45) is 0.668. The molecule has 0 saturated heterocycles. The molecule has 0 spiro atoms. The van der Waals surface area contributed by atoms with Crippen molar-refractivity contribution in [2.45, 2.75) is 27.2 Å². The van der Waals surface area contributed by atoms with Crippen LogP contribution in [0.2, 0.25) is 0 Å². The molecular weight excluding hydrogens is 372 g/mol. The molecule has 0 radical (unpaired) electrons. The van der Waals surface area contributed by atoms with E-state index in [0.717, 1.165) is 9.88 Å². The van der Waals surface area contributed by atoms with Crippen LogP contribution in [0.5, 0.6) is 0 Å². The zero-order valence-electron chi connectivity index (χ0n) is 15.2.